The fraction of sp³-hybridized carbons (Fsp3) is 0. The summed E-state index contributed by atoms with van der Waals surface area (Å²) in [6.45, 7) is 0. The van der Waals surface area contributed by atoms with Gasteiger partial charge >= 0.3 is 48.1 Å². The summed E-state index contributed by atoms with van der Waals surface area (Å²) in [5, 5.41) is 0. The van der Waals surface area contributed by atoms with Gasteiger partial charge in [-0.2, -0.15) is 0 Å². The summed E-state index contributed by atoms with van der Waals surface area (Å²) in [5.41, 5.74) is 0. The van der Waals surface area contributed by atoms with Gasteiger partial charge in [0.1, 0.15) is 0 Å². The van der Waals surface area contributed by atoms with Crippen LogP contribution in [0.5, 0.6) is 0 Å². The summed E-state index contributed by atoms with van der Waals surface area (Å²) in [5.74, 6) is 0. The third kappa shape index (κ3) is 30.6. The predicted molar refractivity (Wildman–Crippen MR) is 2.06 cm³/mol. The Hall–Kier alpha value is 1.46. The standard InChI is InChI=1S/Na.3O.V/q+1;3*-2;+5. The molecule has 0 atom stereocenters. The molecule has 0 N–H and O–H groups in total. The Kier molecular flexibility index (Phi) is 914. The third-order valence-electron chi connectivity index (χ3n) is 0. The molecule has 0 fully saturated rings. The fourth-order valence-corrected chi connectivity index (χ4v) is 0. The largest absolute Gasteiger partial charge is 5.00 e. The van der Waals surface area contributed by atoms with Gasteiger partial charge in [0.2, 0.25) is 0 Å². The molecular weight excluding hydrogens is 122 g/mol. The van der Waals surface area contributed by atoms with Crippen molar-refractivity contribution in [3.05, 3.63) is 0 Å². The van der Waals surface area contributed by atoms with Gasteiger partial charge in [-0.05, 0) is 0 Å². The van der Waals surface area contributed by atoms with Crippen LogP contribution in [0.15, 0.2) is 0 Å². The normalized spacial score (nSPS) is 0. The topological polar surface area (TPSA) is 85.5 Å². The van der Waals surface area contributed by atoms with Crippen LogP contribution >= 0.6 is 0 Å². The van der Waals surface area contributed by atoms with Crippen molar-refractivity contribution in [3.63, 3.8) is 0 Å². The summed E-state index contributed by atoms with van der Waals surface area (Å²) in [6, 6.07) is 0. The minimum atomic E-state index is 0. The van der Waals surface area contributed by atoms with Crippen LogP contribution in [-0.4, -0.2) is 0 Å². The second-order valence-electron chi connectivity index (χ2n) is 0. The van der Waals surface area contributed by atoms with Crippen LogP contribution in [-0.2, 0) is 35.0 Å². The molecule has 5 heavy (non-hydrogen) atoms. The van der Waals surface area contributed by atoms with E-state index in [1.54, 1.807) is 0 Å². The van der Waals surface area contributed by atoms with E-state index in [0.717, 1.165) is 0 Å². The number of rotatable bonds is 0. The second kappa shape index (κ2) is 50.8. The minimum absolute atomic E-state index is 0. The predicted octanol–water partition coefficient (Wildman–Crippen LogP) is -3.35. The number of hydrogen-bond acceptors (Lipinski definition) is 0. The van der Waals surface area contributed by atoms with Gasteiger partial charge in [-0.3, -0.25) is 0 Å². The van der Waals surface area contributed by atoms with E-state index in [0.29, 0.717) is 0 Å². The summed E-state index contributed by atoms with van der Waals surface area (Å²) in [4.78, 5) is 0. The molecule has 0 aromatic heterocycles. The maximum absolute atomic E-state index is 0. The van der Waals surface area contributed by atoms with E-state index in [2.05, 4.69) is 0 Å². The molecule has 0 aliphatic rings. The van der Waals surface area contributed by atoms with Crippen LogP contribution in [0.3, 0.4) is 0 Å². The van der Waals surface area contributed by atoms with Gasteiger partial charge in [0, 0.05) is 0 Å². The summed E-state index contributed by atoms with van der Waals surface area (Å²) >= 11 is 0. The Labute approximate surface area is 64.2 Å². The van der Waals surface area contributed by atoms with Gasteiger partial charge in [0.25, 0.3) is 0 Å². The van der Waals surface area contributed by atoms with Gasteiger partial charge in [0.15, 0.2) is 0 Å². The van der Waals surface area contributed by atoms with Crippen molar-refractivity contribution in [3.8, 4) is 0 Å². The van der Waals surface area contributed by atoms with Gasteiger partial charge in [0.05, 0.1) is 0 Å². The quantitative estimate of drug-likeness (QED) is 0.300. The van der Waals surface area contributed by atoms with Gasteiger partial charge < -0.3 is 16.4 Å². The first-order valence-corrected chi connectivity index (χ1v) is 0. The van der Waals surface area contributed by atoms with Crippen molar-refractivity contribution in [1.29, 1.82) is 0 Å². The van der Waals surface area contributed by atoms with E-state index in [1.165, 1.54) is 0 Å². The Morgan fingerprint density at radius 3 is 0.600 bits per heavy atom. The molecular formula is NaO3V. The molecule has 0 saturated carbocycles. The van der Waals surface area contributed by atoms with Crippen molar-refractivity contribution in [2.75, 3.05) is 0 Å². The molecule has 0 radical (unpaired) electrons. The molecule has 0 bridgehead atoms. The van der Waals surface area contributed by atoms with E-state index in [-0.39, 0.29) is 64.5 Å². The van der Waals surface area contributed by atoms with E-state index in [1.807, 2.05) is 0 Å². The average Bonchev–Trinajstić information content (AvgIpc) is 0. The van der Waals surface area contributed by atoms with Crippen molar-refractivity contribution >= 4 is 0 Å². The Bertz CT molecular complexity index is 6.85. The molecule has 0 spiro atoms. The maximum Gasteiger partial charge on any atom is 5.00 e. The van der Waals surface area contributed by atoms with Gasteiger partial charge in [-0.1, -0.05) is 0 Å². The zero-order valence-electron chi connectivity index (χ0n) is 2.67. The van der Waals surface area contributed by atoms with E-state index < -0.39 is 0 Å². The van der Waals surface area contributed by atoms with Crippen molar-refractivity contribution in [2.45, 2.75) is 0 Å². The smallest absolute Gasteiger partial charge is 2.00 e. The van der Waals surface area contributed by atoms with Crippen LogP contribution in [0.4, 0.5) is 0 Å². The van der Waals surface area contributed by atoms with E-state index in [4.69, 9.17) is 0 Å². The zero-order chi connectivity index (χ0) is 0. The molecule has 5 heteroatoms. The Morgan fingerprint density at radius 1 is 0.600 bits per heavy atom. The van der Waals surface area contributed by atoms with Gasteiger partial charge in [-0.15, -0.1) is 0 Å². The summed E-state index contributed by atoms with van der Waals surface area (Å²) < 4.78 is 0. The molecule has 0 aromatic rings. The van der Waals surface area contributed by atoms with Crippen molar-refractivity contribution in [1.82, 2.24) is 0 Å². The molecule has 0 aromatic carbocycles. The Balaban J connectivity index is 0. The van der Waals surface area contributed by atoms with Crippen molar-refractivity contribution < 1.29 is 64.5 Å². The minimum Gasteiger partial charge on any atom is -2.00 e. The van der Waals surface area contributed by atoms with Crippen LogP contribution < -0.4 is 29.6 Å². The molecule has 0 amide bonds. The number of hydrogen-bond donors (Lipinski definition) is 0. The molecule has 0 aliphatic carbocycles. The van der Waals surface area contributed by atoms with E-state index in [9.17, 15) is 0 Å². The molecule has 0 unspecified atom stereocenters. The van der Waals surface area contributed by atoms with Crippen molar-refractivity contribution in [2.24, 2.45) is 0 Å². The molecule has 0 heterocycles. The molecule has 3 nitrogen and oxygen atoms in total. The molecule has 0 aliphatic heterocycles. The summed E-state index contributed by atoms with van der Waals surface area (Å²) in [7, 11) is 0. The third-order valence-corrected chi connectivity index (χ3v) is 0. The molecule has 24 valence electrons. The molecule has 0 saturated heterocycles. The van der Waals surface area contributed by atoms with Crippen LogP contribution in [0.25, 0.3) is 0 Å². The van der Waals surface area contributed by atoms with Crippen LogP contribution in [0, 0.1) is 0 Å². The summed E-state index contributed by atoms with van der Waals surface area (Å²) in [6.07, 6.45) is 0. The first-order chi connectivity index (χ1) is 0. The second-order valence-corrected chi connectivity index (χ2v) is 0. The van der Waals surface area contributed by atoms with Gasteiger partial charge in [-0.25, -0.2) is 0 Å². The molecule has 0 rings (SSSR count). The first-order valence-electron chi connectivity index (χ1n) is 0. The van der Waals surface area contributed by atoms with Crippen LogP contribution in [0.1, 0.15) is 0 Å². The van der Waals surface area contributed by atoms with E-state index >= 15 is 0 Å². The average molecular weight is 122 g/mol. The first kappa shape index (κ1) is 90.0. The Morgan fingerprint density at radius 2 is 0.600 bits per heavy atom. The zero-order valence-corrected chi connectivity index (χ0v) is 6.07. The SMILES string of the molecule is [Na+].[O-2].[O-2].[O-2].[V+5]. The maximum atomic E-state index is 0. The van der Waals surface area contributed by atoms with Crippen LogP contribution in [0.2, 0.25) is 0 Å². The fourth-order valence-electron chi connectivity index (χ4n) is 0. The monoisotopic (exact) mass is 122 g/mol.